The highest BCUT2D eigenvalue weighted by Crippen LogP contribution is 2.24. The maximum absolute atomic E-state index is 12.8. The van der Waals surface area contributed by atoms with Crippen molar-refractivity contribution in [3.63, 3.8) is 0 Å². The van der Waals surface area contributed by atoms with Gasteiger partial charge in [-0.05, 0) is 26.3 Å². The van der Waals surface area contributed by atoms with Crippen LogP contribution in [-0.4, -0.2) is 53.5 Å². The average molecular weight is 330 g/mol. The second kappa shape index (κ2) is 6.93. The van der Waals surface area contributed by atoms with E-state index in [1.807, 2.05) is 42.7 Å². The van der Waals surface area contributed by atoms with E-state index in [4.69, 9.17) is 4.74 Å². The number of amides is 2. The molecule has 2 amide bonds. The molecule has 0 aromatic heterocycles. The minimum atomic E-state index is -0.226. The lowest BCUT2D eigenvalue weighted by molar-refractivity contribution is -0.147. The molecule has 0 N–H and O–H groups in total. The molecule has 5 nitrogen and oxygen atoms in total. The van der Waals surface area contributed by atoms with Gasteiger partial charge in [0.2, 0.25) is 11.8 Å². The standard InChI is InChI=1S/C19H26N2O3/c1-13-4-6-16(7-5-13)10-20-11-17(8-18(20)22)19(23)21-9-15(3)24-12-14(21)2/h4-7,14-15,17H,8-12H2,1-3H3. The van der Waals surface area contributed by atoms with E-state index in [9.17, 15) is 9.59 Å². The largest absolute Gasteiger partial charge is 0.375 e. The molecular weight excluding hydrogens is 304 g/mol. The van der Waals surface area contributed by atoms with Gasteiger partial charge in [0.25, 0.3) is 0 Å². The van der Waals surface area contributed by atoms with Crippen molar-refractivity contribution in [2.75, 3.05) is 19.7 Å². The number of hydrogen-bond acceptors (Lipinski definition) is 3. The van der Waals surface area contributed by atoms with Gasteiger partial charge in [-0.25, -0.2) is 0 Å². The summed E-state index contributed by atoms with van der Waals surface area (Å²) in [6.07, 6.45) is 0.384. The third-order valence-corrected chi connectivity index (χ3v) is 4.95. The van der Waals surface area contributed by atoms with Crippen molar-refractivity contribution >= 4 is 11.8 Å². The SMILES string of the molecule is Cc1ccc(CN2CC(C(=O)N3CC(C)OCC3C)CC2=O)cc1. The molecule has 3 unspecified atom stereocenters. The van der Waals surface area contributed by atoms with Crippen LogP contribution in [0.2, 0.25) is 0 Å². The molecule has 3 atom stereocenters. The number of rotatable bonds is 3. The first kappa shape index (κ1) is 17.0. The Hall–Kier alpha value is -1.88. The van der Waals surface area contributed by atoms with E-state index in [-0.39, 0.29) is 29.9 Å². The van der Waals surface area contributed by atoms with E-state index in [2.05, 4.69) is 12.1 Å². The van der Waals surface area contributed by atoms with E-state index in [0.717, 1.165) is 5.56 Å². The molecule has 0 saturated carbocycles. The molecule has 3 rings (SSSR count). The molecule has 2 aliphatic rings. The van der Waals surface area contributed by atoms with Gasteiger partial charge in [0.15, 0.2) is 0 Å². The van der Waals surface area contributed by atoms with Crippen LogP contribution < -0.4 is 0 Å². The van der Waals surface area contributed by atoms with Crippen molar-refractivity contribution in [2.45, 2.75) is 45.9 Å². The number of benzene rings is 1. The summed E-state index contributed by atoms with van der Waals surface area (Å²) in [5.41, 5.74) is 2.31. The summed E-state index contributed by atoms with van der Waals surface area (Å²) in [5.74, 6) is -0.0593. The molecule has 0 bridgehead atoms. The van der Waals surface area contributed by atoms with Gasteiger partial charge in [0.05, 0.1) is 24.7 Å². The predicted molar refractivity (Wildman–Crippen MR) is 91.3 cm³/mol. The smallest absolute Gasteiger partial charge is 0.228 e. The van der Waals surface area contributed by atoms with E-state index < -0.39 is 0 Å². The lowest BCUT2D eigenvalue weighted by Gasteiger charge is -2.38. The van der Waals surface area contributed by atoms with Gasteiger partial charge in [0, 0.05) is 26.1 Å². The molecule has 2 saturated heterocycles. The molecule has 24 heavy (non-hydrogen) atoms. The zero-order valence-electron chi connectivity index (χ0n) is 14.7. The quantitative estimate of drug-likeness (QED) is 0.851. The topological polar surface area (TPSA) is 49.9 Å². The van der Waals surface area contributed by atoms with Crippen molar-refractivity contribution in [3.05, 3.63) is 35.4 Å². The summed E-state index contributed by atoms with van der Waals surface area (Å²) in [5, 5.41) is 0. The molecule has 5 heteroatoms. The van der Waals surface area contributed by atoms with Gasteiger partial charge in [-0.15, -0.1) is 0 Å². The lowest BCUT2D eigenvalue weighted by atomic mass is 10.0. The number of hydrogen-bond donors (Lipinski definition) is 0. The minimum absolute atomic E-state index is 0.0610. The number of likely N-dealkylation sites (tertiary alicyclic amines) is 1. The average Bonchev–Trinajstić information content (AvgIpc) is 2.92. The summed E-state index contributed by atoms with van der Waals surface area (Å²) >= 11 is 0. The van der Waals surface area contributed by atoms with Crippen LogP contribution in [0.4, 0.5) is 0 Å². The number of carbonyl (C=O) groups is 2. The second-order valence-corrected chi connectivity index (χ2v) is 7.14. The van der Waals surface area contributed by atoms with Gasteiger partial charge < -0.3 is 14.5 Å². The molecule has 2 fully saturated rings. The van der Waals surface area contributed by atoms with Crippen LogP contribution in [-0.2, 0) is 20.9 Å². The minimum Gasteiger partial charge on any atom is -0.375 e. The van der Waals surface area contributed by atoms with Crippen molar-refractivity contribution in [3.8, 4) is 0 Å². The Bertz CT molecular complexity index is 614. The van der Waals surface area contributed by atoms with Crippen molar-refractivity contribution in [1.82, 2.24) is 9.80 Å². The molecule has 0 aliphatic carbocycles. The molecule has 2 aliphatic heterocycles. The first-order valence-corrected chi connectivity index (χ1v) is 8.69. The Morgan fingerprint density at radius 2 is 1.92 bits per heavy atom. The predicted octanol–water partition coefficient (Wildman–Crippen LogP) is 1.98. The van der Waals surface area contributed by atoms with Crippen LogP contribution in [0.5, 0.6) is 0 Å². The monoisotopic (exact) mass is 330 g/mol. The second-order valence-electron chi connectivity index (χ2n) is 7.14. The van der Waals surface area contributed by atoms with Crippen LogP contribution in [0.3, 0.4) is 0 Å². The highest BCUT2D eigenvalue weighted by molar-refractivity contribution is 5.89. The number of ether oxygens (including phenoxy) is 1. The van der Waals surface area contributed by atoms with E-state index in [1.165, 1.54) is 5.56 Å². The molecule has 1 aromatic rings. The number of morpholine rings is 1. The number of carbonyl (C=O) groups excluding carboxylic acids is 2. The molecule has 130 valence electrons. The van der Waals surface area contributed by atoms with Gasteiger partial charge in [-0.1, -0.05) is 29.8 Å². The van der Waals surface area contributed by atoms with Gasteiger partial charge in [-0.3, -0.25) is 9.59 Å². The molecule has 2 heterocycles. The number of nitrogens with zero attached hydrogens (tertiary/aromatic N) is 2. The van der Waals surface area contributed by atoms with Crippen LogP contribution in [0, 0.1) is 12.8 Å². The van der Waals surface area contributed by atoms with Crippen molar-refractivity contribution in [2.24, 2.45) is 5.92 Å². The Balaban J connectivity index is 1.63. The van der Waals surface area contributed by atoms with E-state index >= 15 is 0 Å². The maximum Gasteiger partial charge on any atom is 0.228 e. The summed E-state index contributed by atoms with van der Waals surface area (Å²) in [7, 11) is 0. The van der Waals surface area contributed by atoms with Gasteiger partial charge in [-0.2, -0.15) is 0 Å². The highest BCUT2D eigenvalue weighted by atomic mass is 16.5. The zero-order valence-corrected chi connectivity index (χ0v) is 14.7. The Kier molecular flexibility index (Phi) is 4.90. The van der Waals surface area contributed by atoms with Crippen LogP contribution in [0.25, 0.3) is 0 Å². The maximum atomic E-state index is 12.8. The Morgan fingerprint density at radius 3 is 2.62 bits per heavy atom. The first-order chi connectivity index (χ1) is 11.4. The highest BCUT2D eigenvalue weighted by Gasteiger charge is 2.39. The summed E-state index contributed by atoms with van der Waals surface area (Å²) < 4.78 is 5.59. The van der Waals surface area contributed by atoms with E-state index in [0.29, 0.717) is 32.7 Å². The van der Waals surface area contributed by atoms with E-state index in [1.54, 1.807) is 0 Å². The molecule has 0 spiro atoms. The summed E-state index contributed by atoms with van der Waals surface area (Å²) in [4.78, 5) is 28.9. The third kappa shape index (κ3) is 3.61. The van der Waals surface area contributed by atoms with Gasteiger partial charge in [0.1, 0.15) is 0 Å². The van der Waals surface area contributed by atoms with Crippen molar-refractivity contribution < 1.29 is 14.3 Å². The van der Waals surface area contributed by atoms with Crippen LogP contribution >= 0.6 is 0 Å². The third-order valence-electron chi connectivity index (χ3n) is 4.95. The fraction of sp³-hybridized carbons (Fsp3) is 0.579. The first-order valence-electron chi connectivity index (χ1n) is 8.69. The lowest BCUT2D eigenvalue weighted by Crippen LogP contribution is -2.52. The molecular formula is C19H26N2O3. The molecule has 0 radical (unpaired) electrons. The Labute approximate surface area is 143 Å². The van der Waals surface area contributed by atoms with Crippen LogP contribution in [0.15, 0.2) is 24.3 Å². The van der Waals surface area contributed by atoms with Crippen LogP contribution in [0.1, 0.15) is 31.4 Å². The normalized spacial score (nSPS) is 27.6. The fourth-order valence-corrected chi connectivity index (χ4v) is 3.45. The fourth-order valence-electron chi connectivity index (χ4n) is 3.45. The summed E-state index contributed by atoms with van der Waals surface area (Å²) in [6.45, 7) is 8.32. The zero-order chi connectivity index (χ0) is 17.3. The van der Waals surface area contributed by atoms with Gasteiger partial charge >= 0.3 is 0 Å². The number of aryl methyl sites for hydroxylation is 1. The molecule has 1 aromatic carbocycles. The summed E-state index contributed by atoms with van der Waals surface area (Å²) in [6, 6.07) is 8.27. The van der Waals surface area contributed by atoms with Crippen molar-refractivity contribution in [1.29, 1.82) is 0 Å². The Morgan fingerprint density at radius 1 is 1.21 bits per heavy atom.